The minimum Gasteiger partial charge on any atom is -0.495 e. The van der Waals surface area contributed by atoms with Gasteiger partial charge in [-0.1, -0.05) is 42.5 Å². The summed E-state index contributed by atoms with van der Waals surface area (Å²) in [5.74, 6) is -0.785. The van der Waals surface area contributed by atoms with Gasteiger partial charge in [0.1, 0.15) is 5.75 Å². The SMILES string of the molecule is COc1ccccc1NC(=O)C(=O)c1cccn1Cc1ccccc1. The van der Waals surface area contributed by atoms with Gasteiger partial charge in [-0.2, -0.15) is 0 Å². The van der Waals surface area contributed by atoms with Gasteiger partial charge in [0.15, 0.2) is 0 Å². The molecule has 0 aliphatic carbocycles. The van der Waals surface area contributed by atoms with Crippen LogP contribution in [0.25, 0.3) is 0 Å². The molecule has 0 aliphatic heterocycles. The summed E-state index contributed by atoms with van der Waals surface area (Å²) >= 11 is 0. The maximum atomic E-state index is 12.5. The van der Waals surface area contributed by atoms with Gasteiger partial charge in [0, 0.05) is 12.7 Å². The van der Waals surface area contributed by atoms with Gasteiger partial charge in [0.25, 0.3) is 11.7 Å². The summed E-state index contributed by atoms with van der Waals surface area (Å²) < 4.78 is 6.95. The number of nitrogens with zero attached hydrogens (tertiary/aromatic N) is 1. The molecule has 0 aliphatic rings. The van der Waals surface area contributed by atoms with E-state index in [4.69, 9.17) is 4.74 Å². The van der Waals surface area contributed by atoms with Crippen molar-refractivity contribution in [3.63, 3.8) is 0 Å². The molecule has 25 heavy (non-hydrogen) atoms. The average Bonchev–Trinajstić information content (AvgIpc) is 3.10. The number of anilines is 1. The van der Waals surface area contributed by atoms with E-state index in [1.165, 1.54) is 7.11 Å². The van der Waals surface area contributed by atoms with E-state index in [2.05, 4.69) is 5.32 Å². The van der Waals surface area contributed by atoms with E-state index in [0.29, 0.717) is 23.7 Å². The normalized spacial score (nSPS) is 10.3. The van der Waals surface area contributed by atoms with Crippen LogP contribution in [0.4, 0.5) is 5.69 Å². The van der Waals surface area contributed by atoms with E-state index in [1.54, 1.807) is 47.2 Å². The molecule has 5 nitrogen and oxygen atoms in total. The van der Waals surface area contributed by atoms with Crippen molar-refractivity contribution in [2.75, 3.05) is 12.4 Å². The molecule has 3 rings (SSSR count). The van der Waals surface area contributed by atoms with Crippen LogP contribution in [0, 0.1) is 0 Å². The Morgan fingerprint density at radius 2 is 1.68 bits per heavy atom. The number of hydrogen-bond donors (Lipinski definition) is 1. The first-order valence-electron chi connectivity index (χ1n) is 7.87. The van der Waals surface area contributed by atoms with Crippen molar-refractivity contribution in [1.29, 1.82) is 0 Å². The highest BCUT2D eigenvalue weighted by Gasteiger charge is 2.20. The predicted octanol–water partition coefficient (Wildman–Crippen LogP) is 3.37. The third kappa shape index (κ3) is 3.77. The number of nitrogens with one attached hydrogen (secondary N) is 1. The Balaban J connectivity index is 1.77. The molecule has 0 atom stereocenters. The Morgan fingerprint density at radius 3 is 2.44 bits per heavy atom. The zero-order valence-corrected chi connectivity index (χ0v) is 13.8. The summed E-state index contributed by atoms with van der Waals surface area (Å²) in [5, 5.41) is 2.61. The molecule has 0 radical (unpaired) electrons. The third-order valence-electron chi connectivity index (χ3n) is 3.82. The van der Waals surface area contributed by atoms with Crippen LogP contribution in [0.15, 0.2) is 72.9 Å². The van der Waals surface area contributed by atoms with Gasteiger partial charge in [-0.15, -0.1) is 0 Å². The molecule has 1 N–H and O–H groups in total. The number of ketones is 1. The lowest BCUT2D eigenvalue weighted by Crippen LogP contribution is -2.25. The predicted molar refractivity (Wildman–Crippen MR) is 95.9 cm³/mol. The molecule has 1 heterocycles. The van der Waals surface area contributed by atoms with E-state index in [-0.39, 0.29) is 0 Å². The van der Waals surface area contributed by atoms with Crippen LogP contribution in [0.1, 0.15) is 16.1 Å². The zero-order valence-electron chi connectivity index (χ0n) is 13.8. The minimum atomic E-state index is -0.697. The number of ether oxygens (including phenoxy) is 1. The Bertz CT molecular complexity index is 885. The van der Waals surface area contributed by atoms with Gasteiger partial charge < -0.3 is 14.6 Å². The molecular formula is C20H18N2O3. The summed E-state index contributed by atoms with van der Waals surface area (Å²) in [6.07, 6.45) is 1.79. The molecule has 0 unspecified atom stereocenters. The number of para-hydroxylation sites is 2. The summed E-state index contributed by atoms with van der Waals surface area (Å²) in [4.78, 5) is 24.9. The molecular weight excluding hydrogens is 316 g/mol. The quantitative estimate of drug-likeness (QED) is 0.555. The van der Waals surface area contributed by atoms with Crippen LogP contribution in [-0.4, -0.2) is 23.4 Å². The van der Waals surface area contributed by atoms with Crippen molar-refractivity contribution in [3.8, 4) is 5.75 Å². The van der Waals surface area contributed by atoms with E-state index in [9.17, 15) is 9.59 Å². The van der Waals surface area contributed by atoms with E-state index >= 15 is 0 Å². The molecule has 3 aromatic rings. The first-order chi connectivity index (χ1) is 12.2. The summed E-state index contributed by atoms with van der Waals surface area (Å²) in [6, 6.07) is 20.1. The van der Waals surface area contributed by atoms with E-state index in [0.717, 1.165) is 5.56 Å². The van der Waals surface area contributed by atoms with Crippen molar-refractivity contribution < 1.29 is 14.3 Å². The topological polar surface area (TPSA) is 60.3 Å². The van der Waals surface area contributed by atoms with Gasteiger partial charge in [0.2, 0.25) is 0 Å². The first kappa shape index (κ1) is 16.5. The molecule has 2 aromatic carbocycles. The fraction of sp³-hybridized carbons (Fsp3) is 0.100. The fourth-order valence-corrected chi connectivity index (χ4v) is 2.58. The summed E-state index contributed by atoms with van der Waals surface area (Å²) in [6.45, 7) is 0.525. The highest BCUT2D eigenvalue weighted by Crippen LogP contribution is 2.23. The minimum absolute atomic E-state index is 0.344. The largest absolute Gasteiger partial charge is 0.495 e. The molecule has 0 fully saturated rings. The van der Waals surface area contributed by atoms with Gasteiger partial charge in [-0.25, -0.2) is 0 Å². The molecule has 0 spiro atoms. The number of hydrogen-bond acceptors (Lipinski definition) is 3. The number of carbonyl (C=O) groups is 2. The Kier molecular flexibility index (Phi) is 4.95. The third-order valence-corrected chi connectivity index (χ3v) is 3.82. The van der Waals surface area contributed by atoms with Gasteiger partial charge in [0.05, 0.1) is 18.5 Å². The number of methoxy groups -OCH3 is 1. The van der Waals surface area contributed by atoms with Crippen LogP contribution in [0.3, 0.4) is 0 Å². The molecule has 0 saturated carbocycles. The molecule has 5 heteroatoms. The second-order valence-electron chi connectivity index (χ2n) is 5.49. The maximum Gasteiger partial charge on any atom is 0.298 e. The zero-order chi connectivity index (χ0) is 17.6. The summed E-state index contributed by atoms with van der Waals surface area (Å²) in [7, 11) is 1.51. The van der Waals surface area contributed by atoms with Gasteiger partial charge in [-0.3, -0.25) is 9.59 Å². The lowest BCUT2D eigenvalue weighted by molar-refractivity contribution is -0.112. The smallest absolute Gasteiger partial charge is 0.298 e. The lowest BCUT2D eigenvalue weighted by atomic mass is 10.2. The second-order valence-corrected chi connectivity index (χ2v) is 5.49. The Hall–Kier alpha value is -3.34. The fourth-order valence-electron chi connectivity index (χ4n) is 2.58. The van der Waals surface area contributed by atoms with Crippen LogP contribution in [0.5, 0.6) is 5.75 Å². The van der Waals surface area contributed by atoms with Crippen molar-refractivity contribution in [2.24, 2.45) is 0 Å². The van der Waals surface area contributed by atoms with Crippen LogP contribution in [-0.2, 0) is 11.3 Å². The number of rotatable bonds is 6. The molecule has 0 bridgehead atoms. The number of benzene rings is 2. The van der Waals surface area contributed by atoms with Crippen molar-refractivity contribution in [2.45, 2.75) is 6.54 Å². The van der Waals surface area contributed by atoms with Crippen molar-refractivity contribution in [1.82, 2.24) is 4.57 Å². The summed E-state index contributed by atoms with van der Waals surface area (Å²) in [5.41, 5.74) is 1.86. The first-order valence-corrected chi connectivity index (χ1v) is 7.87. The number of aromatic nitrogens is 1. The second kappa shape index (κ2) is 7.49. The van der Waals surface area contributed by atoms with E-state index in [1.807, 2.05) is 30.3 Å². The molecule has 0 saturated heterocycles. The molecule has 126 valence electrons. The standard InChI is InChI=1S/C20H18N2O3/c1-25-18-12-6-5-10-16(18)21-20(24)19(23)17-11-7-13-22(17)14-15-8-3-2-4-9-15/h2-13H,14H2,1H3,(H,21,24). The van der Waals surface area contributed by atoms with Crippen LogP contribution < -0.4 is 10.1 Å². The van der Waals surface area contributed by atoms with Crippen molar-refractivity contribution >= 4 is 17.4 Å². The Morgan fingerprint density at radius 1 is 0.960 bits per heavy atom. The highest BCUT2D eigenvalue weighted by atomic mass is 16.5. The number of amides is 1. The average molecular weight is 334 g/mol. The molecule has 1 amide bonds. The number of Topliss-reactive ketones (excluding diaryl/α,β-unsaturated/α-hetero) is 1. The van der Waals surface area contributed by atoms with Crippen LogP contribution in [0.2, 0.25) is 0 Å². The maximum absolute atomic E-state index is 12.5. The van der Waals surface area contributed by atoms with Gasteiger partial charge >= 0.3 is 0 Å². The number of carbonyl (C=O) groups excluding carboxylic acids is 2. The van der Waals surface area contributed by atoms with Gasteiger partial charge in [-0.05, 0) is 29.8 Å². The van der Waals surface area contributed by atoms with Crippen molar-refractivity contribution in [3.05, 3.63) is 84.2 Å². The van der Waals surface area contributed by atoms with Crippen LogP contribution >= 0.6 is 0 Å². The Labute approximate surface area is 145 Å². The highest BCUT2D eigenvalue weighted by molar-refractivity contribution is 6.46. The lowest BCUT2D eigenvalue weighted by Gasteiger charge is -2.11. The molecule has 1 aromatic heterocycles. The monoisotopic (exact) mass is 334 g/mol. The van der Waals surface area contributed by atoms with E-state index < -0.39 is 11.7 Å².